The van der Waals surface area contributed by atoms with Gasteiger partial charge in [0, 0.05) is 4.88 Å². The van der Waals surface area contributed by atoms with Gasteiger partial charge < -0.3 is 5.32 Å². The van der Waals surface area contributed by atoms with E-state index in [1.54, 1.807) is 29.5 Å². The first-order valence-electron chi connectivity index (χ1n) is 7.00. The van der Waals surface area contributed by atoms with Crippen molar-refractivity contribution in [2.75, 3.05) is 0 Å². The minimum atomic E-state index is -0.250. The molecule has 3 aromatic rings. The molecule has 5 heteroatoms. The van der Waals surface area contributed by atoms with Crippen molar-refractivity contribution in [1.82, 2.24) is 5.32 Å². The summed E-state index contributed by atoms with van der Waals surface area (Å²) < 4.78 is 0. The Bertz CT molecular complexity index is 803. The van der Waals surface area contributed by atoms with Gasteiger partial charge >= 0.3 is 0 Å². The van der Waals surface area contributed by atoms with Crippen LogP contribution in [0.1, 0.15) is 26.8 Å². The highest BCUT2D eigenvalue weighted by Gasteiger charge is 2.20. The molecule has 2 aromatic carbocycles. The lowest BCUT2D eigenvalue weighted by molar-refractivity contribution is 0.0943. The number of rotatable bonds is 4. The molecule has 1 atom stereocenters. The predicted octanol–water partition coefficient (Wildman–Crippen LogP) is 5.57. The number of amides is 1. The smallest absolute Gasteiger partial charge is 0.253 e. The van der Waals surface area contributed by atoms with Crippen molar-refractivity contribution in [1.29, 1.82) is 0 Å². The summed E-state index contributed by atoms with van der Waals surface area (Å²) in [5, 5.41) is 5.67. The van der Waals surface area contributed by atoms with E-state index in [9.17, 15) is 4.79 Å². The monoisotopic (exact) mass is 361 g/mol. The molecule has 1 amide bonds. The molecule has 116 valence electrons. The van der Waals surface area contributed by atoms with E-state index >= 15 is 0 Å². The van der Waals surface area contributed by atoms with Gasteiger partial charge in [-0.3, -0.25) is 4.79 Å². The highest BCUT2D eigenvalue weighted by molar-refractivity contribution is 7.10. The summed E-state index contributed by atoms with van der Waals surface area (Å²) in [6.07, 6.45) is 0. The van der Waals surface area contributed by atoms with Crippen molar-refractivity contribution in [3.8, 4) is 0 Å². The van der Waals surface area contributed by atoms with Gasteiger partial charge in [0.05, 0.1) is 21.7 Å². The van der Waals surface area contributed by atoms with Gasteiger partial charge in [0.1, 0.15) is 0 Å². The van der Waals surface area contributed by atoms with E-state index in [0.29, 0.717) is 10.6 Å². The van der Waals surface area contributed by atoms with Gasteiger partial charge in [-0.25, -0.2) is 0 Å². The molecule has 0 spiro atoms. The van der Waals surface area contributed by atoms with Crippen LogP contribution in [0.2, 0.25) is 10.0 Å². The summed E-state index contributed by atoms with van der Waals surface area (Å²) in [6.45, 7) is 0. The molecule has 2 nitrogen and oxygen atoms in total. The van der Waals surface area contributed by atoms with Gasteiger partial charge in [0.25, 0.3) is 5.91 Å². The third kappa shape index (κ3) is 3.58. The van der Waals surface area contributed by atoms with Crippen LogP contribution in [0.25, 0.3) is 0 Å². The maximum atomic E-state index is 12.6. The minimum absolute atomic E-state index is 0.223. The second kappa shape index (κ2) is 7.18. The summed E-state index contributed by atoms with van der Waals surface area (Å²) in [4.78, 5) is 13.7. The van der Waals surface area contributed by atoms with Crippen molar-refractivity contribution in [3.05, 3.63) is 92.1 Å². The Morgan fingerprint density at radius 1 is 0.957 bits per heavy atom. The van der Waals surface area contributed by atoms with Crippen molar-refractivity contribution >= 4 is 40.4 Å². The summed E-state index contributed by atoms with van der Waals surface area (Å²) in [5.74, 6) is -0.250. The van der Waals surface area contributed by atoms with Crippen molar-refractivity contribution in [3.63, 3.8) is 0 Å². The first-order valence-corrected chi connectivity index (χ1v) is 8.63. The van der Waals surface area contributed by atoms with Gasteiger partial charge in [-0.2, -0.15) is 0 Å². The molecular formula is C18H13Cl2NOS. The summed E-state index contributed by atoms with van der Waals surface area (Å²) in [7, 11) is 0. The lowest BCUT2D eigenvalue weighted by atomic mass is 10.0. The number of carbonyl (C=O) groups is 1. The topological polar surface area (TPSA) is 29.1 Å². The summed E-state index contributed by atoms with van der Waals surface area (Å²) in [5.41, 5.74) is 1.39. The van der Waals surface area contributed by atoms with Crippen LogP contribution in [-0.2, 0) is 0 Å². The third-order valence-corrected chi connectivity index (χ3v) is 5.19. The Hall–Kier alpha value is -1.81. The standard InChI is InChI=1S/C18H13Cl2NOS/c19-14-9-4-8-13(16(14)20)18(22)21-17(15-10-5-11-23-15)12-6-2-1-3-7-12/h1-11,17H,(H,21,22). The molecule has 1 unspecified atom stereocenters. The molecule has 0 saturated carbocycles. The number of halogens is 2. The number of thiophene rings is 1. The maximum Gasteiger partial charge on any atom is 0.253 e. The molecule has 1 N–H and O–H groups in total. The summed E-state index contributed by atoms with van der Waals surface area (Å²) >= 11 is 13.8. The Kier molecular flexibility index (Phi) is 5.01. The average Bonchev–Trinajstić information content (AvgIpc) is 3.10. The summed E-state index contributed by atoms with van der Waals surface area (Å²) in [6, 6.07) is 18.6. The van der Waals surface area contributed by atoms with E-state index in [2.05, 4.69) is 5.32 Å². The fraction of sp³-hybridized carbons (Fsp3) is 0.0556. The van der Waals surface area contributed by atoms with Crippen LogP contribution in [0, 0.1) is 0 Å². The van der Waals surface area contributed by atoms with Crippen molar-refractivity contribution in [2.24, 2.45) is 0 Å². The van der Waals surface area contributed by atoms with Crippen LogP contribution in [0.4, 0.5) is 0 Å². The SMILES string of the molecule is O=C(NC(c1ccccc1)c1cccs1)c1cccc(Cl)c1Cl. The van der Waals surface area contributed by atoms with E-state index in [4.69, 9.17) is 23.2 Å². The normalized spacial score (nSPS) is 11.9. The second-order valence-corrected chi connectivity index (χ2v) is 6.70. The number of nitrogens with one attached hydrogen (secondary N) is 1. The highest BCUT2D eigenvalue weighted by atomic mass is 35.5. The molecule has 0 fully saturated rings. The van der Waals surface area contributed by atoms with Crippen molar-refractivity contribution < 1.29 is 4.79 Å². The minimum Gasteiger partial charge on any atom is -0.340 e. The van der Waals surface area contributed by atoms with Crippen LogP contribution >= 0.6 is 34.5 Å². The molecule has 23 heavy (non-hydrogen) atoms. The first-order chi connectivity index (χ1) is 11.2. The van der Waals surface area contributed by atoms with Crippen molar-refractivity contribution in [2.45, 2.75) is 6.04 Å². The van der Waals surface area contributed by atoms with Gasteiger partial charge in [0.15, 0.2) is 0 Å². The average molecular weight is 362 g/mol. The maximum absolute atomic E-state index is 12.6. The number of hydrogen-bond acceptors (Lipinski definition) is 2. The van der Waals surface area contributed by atoms with Gasteiger partial charge in [-0.15, -0.1) is 11.3 Å². The van der Waals surface area contributed by atoms with Crippen LogP contribution in [0.5, 0.6) is 0 Å². The van der Waals surface area contributed by atoms with E-state index in [0.717, 1.165) is 10.4 Å². The van der Waals surface area contributed by atoms with E-state index < -0.39 is 0 Å². The Morgan fingerprint density at radius 2 is 1.74 bits per heavy atom. The van der Waals surface area contributed by atoms with Gasteiger partial charge in [-0.1, -0.05) is 65.7 Å². The number of hydrogen-bond donors (Lipinski definition) is 1. The fourth-order valence-electron chi connectivity index (χ4n) is 2.31. The molecular weight excluding hydrogens is 349 g/mol. The Morgan fingerprint density at radius 3 is 2.43 bits per heavy atom. The molecule has 3 rings (SSSR count). The Labute approximate surface area is 148 Å². The molecule has 1 aromatic heterocycles. The molecule has 0 radical (unpaired) electrons. The molecule has 0 aliphatic heterocycles. The lowest BCUT2D eigenvalue weighted by Crippen LogP contribution is -2.29. The zero-order valence-electron chi connectivity index (χ0n) is 12.0. The zero-order valence-corrected chi connectivity index (χ0v) is 14.3. The molecule has 0 bridgehead atoms. The molecule has 1 heterocycles. The van der Waals surface area contributed by atoms with Gasteiger partial charge in [0.2, 0.25) is 0 Å². The van der Waals surface area contributed by atoms with Crippen LogP contribution in [-0.4, -0.2) is 5.91 Å². The van der Waals surface area contributed by atoms with Gasteiger partial charge in [-0.05, 0) is 29.1 Å². The highest BCUT2D eigenvalue weighted by Crippen LogP contribution is 2.29. The number of carbonyl (C=O) groups excluding carboxylic acids is 1. The molecule has 0 saturated heterocycles. The lowest BCUT2D eigenvalue weighted by Gasteiger charge is -2.18. The second-order valence-electron chi connectivity index (χ2n) is 4.93. The fourth-order valence-corrected chi connectivity index (χ4v) is 3.50. The first kappa shape index (κ1) is 16.1. The molecule has 0 aliphatic rings. The van der Waals surface area contributed by atoms with E-state index in [-0.39, 0.29) is 17.0 Å². The quantitative estimate of drug-likeness (QED) is 0.646. The van der Waals surface area contributed by atoms with E-state index in [1.807, 2.05) is 47.8 Å². The van der Waals surface area contributed by atoms with Crippen LogP contribution < -0.4 is 5.32 Å². The number of benzene rings is 2. The largest absolute Gasteiger partial charge is 0.340 e. The van der Waals surface area contributed by atoms with E-state index in [1.165, 1.54) is 0 Å². The molecule has 0 aliphatic carbocycles. The third-order valence-electron chi connectivity index (χ3n) is 3.43. The van der Waals surface area contributed by atoms with Crippen LogP contribution in [0.3, 0.4) is 0 Å². The van der Waals surface area contributed by atoms with Crippen LogP contribution in [0.15, 0.2) is 66.0 Å². The zero-order chi connectivity index (χ0) is 16.2. The Balaban J connectivity index is 1.93. The predicted molar refractivity (Wildman–Crippen MR) is 96.5 cm³/mol.